The van der Waals surface area contributed by atoms with Gasteiger partial charge in [0.25, 0.3) is 0 Å². The van der Waals surface area contributed by atoms with Crippen LogP contribution in [0.3, 0.4) is 0 Å². The molecule has 1 amide bonds. The second kappa shape index (κ2) is 7.10. The van der Waals surface area contributed by atoms with Crippen molar-refractivity contribution in [1.82, 2.24) is 10.6 Å². The lowest BCUT2D eigenvalue weighted by Gasteiger charge is -2.23. The first-order chi connectivity index (χ1) is 8.38. The molecule has 0 heterocycles. The summed E-state index contributed by atoms with van der Waals surface area (Å²) in [5.41, 5.74) is -0.166. The van der Waals surface area contributed by atoms with Crippen LogP contribution in [0.5, 0.6) is 0 Å². The molecule has 0 bridgehead atoms. The first-order valence-corrected chi connectivity index (χ1v) is 7.01. The van der Waals surface area contributed by atoms with Crippen LogP contribution >= 0.6 is 0 Å². The normalized spacial score (nSPS) is 17.6. The molecule has 0 saturated heterocycles. The van der Waals surface area contributed by atoms with Crippen molar-refractivity contribution >= 4 is 5.91 Å². The fourth-order valence-electron chi connectivity index (χ4n) is 1.60. The average molecular weight is 256 g/mol. The third-order valence-electron chi connectivity index (χ3n) is 2.86. The van der Waals surface area contributed by atoms with E-state index in [4.69, 9.17) is 4.74 Å². The maximum Gasteiger partial charge on any atom is 0.237 e. The zero-order valence-corrected chi connectivity index (χ0v) is 12.2. The summed E-state index contributed by atoms with van der Waals surface area (Å²) in [5, 5.41) is 6.18. The van der Waals surface area contributed by atoms with E-state index < -0.39 is 0 Å². The highest BCUT2D eigenvalue weighted by atomic mass is 16.5. The fourth-order valence-corrected chi connectivity index (χ4v) is 1.60. The van der Waals surface area contributed by atoms with Gasteiger partial charge in [0.15, 0.2) is 0 Å². The van der Waals surface area contributed by atoms with E-state index in [-0.39, 0.29) is 17.5 Å². The van der Waals surface area contributed by atoms with E-state index in [2.05, 4.69) is 10.6 Å². The molecule has 0 spiro atoms. The zero-order chi connectivity index (χ0) is 13.6. The van der Waals surface area contributed by atoms with E-state index in [1.807, 2.05) is 27.7 Å². The first-order valence-electron chi connectivity index (χ1n) is 7.01. The van der Waals surface area contributed by atoms with E-state index in [0.717, 1.165) is 32.1 Å². The number of amides is 1. The van der Waals surface area contributed by atoms with Crippen molar-refractivity contribution in [2.75, 3.05) is 19.8 Å². The Morgan fingerprint density at radius 2 is 2.06 bits per heavy atom. The molecule has 1 aliphatic rings. The van der Waals surface area contributed by atoms with Crippen molar-refractivity contribution in [2.45, 2.75) is 58.5 Å². The third-order valence-corrected chi connectivity index (χ3v) is 2.86. The lowest BCUT2D eigenvalue weighted by atomic mass is 10.1. The monoisotopic (exact) mass is 256 g/mol. The maximum atomic E-state index is 11.8. The van der Waals surface area contributed by atoms with Crippen molar-refractivity contribution in [3.05, 3.63) is 0 Å². The van der Waals surface area contributed by atoms with Crippen LogP contribution in [0.25, 0.3) is 0 Å². The van der Waals surface area contributed by atoms with Gasteiger partial charge in [0.05, 0.1) is 6.04 Å². The van der Waals surface area contributed by atoms with Gasteiger partial charge in [-0.1, -0.05) is 0 Å². The van der Waals surface area contributed by atoms with Gasteiger partial charge in [-0.05, 0) is 59.4 Å². The Bertz CT molecular complexity index is 257. The topological polar surface area (TPSA) is 50.4 Å². The average Bonchev–Trinajstić information content (AvgIpc) is 3.04. The van der Waals surface area contributed by atoms with Crippen LogP contribution in [0.15, 0.2) is 0 Å². The molecule has 1 rings (SSSR count). The Labute approximate surface area is 111 Å². The number of carbonyl (C=O) groups excluding carboxylic acids is 1. The van der Waals surface area contributed by atoms with Gasteiger partial charge in [-0.25, -0.2) is 0 Å². The highest BCUT2D eigenvalue weighted by molar-refractivity contribution is 5.81. The molecule has 1 aliphatic carbocycles. The standard InChI is InChI=1S/C14H28N2O2/c1-11(13(17)16-14(2,3)4)15-8-5-9-18-10-12-6-7-12/h11-12,15H,5-10H2,1-4H3,(H,16,17). The van der Waals surface area contributed by atoms with E-state index in [0.29, 0.717) is 0 Å². The predicted molar refractivity (Wildman–Crippen MR) is 73.5 cm³/mol. The van der Waals surface area contributed by atoms with Crippen molar-refractivity contribution in [1.29, 1.82) is 0 Å². The summed E-state index contributed by atoms with van der Waals surface area (Å²) < 4.78 is 5.54. The molecule has 0 aromatic carbocycles. The molecule has 0 aliphatic heterocycles. The van der Waals surface area contributed by atoms with Crippen LogP contribution in [0.4, 0.5) is 0 Å². The number of nitrogens with one attached hydrogen (secondary N) is 2. The third kappa shape index (κ3) is 7.67. The zero-order valence-electron chi connectivity index (χ0n) is 12.2. The van der Waals surface area contributed by atoms with Gasteiger partial charge in [0, 0.05) is 18.8 Å². The maximum absolute atomic E-state index is 11.8. The Morgan fingerprint density at radius 3 is 2.61 bits per heavy atom. The summed E-state index contributed by atoms with van der Waals surface area (Å²) in [6, 6.07) is -0.146. The van der Waals surface area contributed by atoms with Gasteiger partial charge in [-0.3, -0.25) is 4.79 Å². The molecular formula is C14H28N2O2. The molecule has 106 valence electrons. The van der Waals surface area contributed by atoms with Gasteiger partial charge in [0.1, 0.15) is 0 Å². The van der Waals surface area contributed by atoms with E-state index >= 15 is 0 Å². The van der Waals surface area contributed by atoms with Gasteiger partial charge in [0.2, 0.25) is 5.91 Å². The second-order valence-electron chi connectivity index (χ2n) is 6.29. The molecule has 0 radical (unpaired) electrons. The van der Waals surface area contributed by atoms with Gasteiger partial charge >= 0.3 is 0 Å². The SMILES string of the molecule is CC(NCCCOCC1CC1)C(=O)NC(C)(C)C. The predicted octanol–water partition coefficient (Wildman–Crippen LogP) is 1.70. The molecule has 4 nitrogen and oxygen atoms in total. The quantitative estimate of drug-likeness (QED) is 0.650. The highest BCUT2D eigenvalue weighted by Crippen LogP contribution is 2.28. The molecular weight excluding hydrogens is 228 g/mol. The van der Waals surface area contributed by atoms with Crippen LogP contribution in [-0.2, 0) is 9.53 Å². The minimum absolute atomic E-state index is 0.0569. The Morgan fingerprint density at radius 1 is 1.39 bits per heavy atom. The minimum atomic E-state index is -0.166. The van der Waals surface area contributed by atoms with Crippen molar-refractivity contribution in [2.24, 2.45) is 5.92 Å². The molecule has 0 aromatic rings. The number of hydrogen-bond donors (Lipinski definition) is 2. The molecule has 2 N–H and O–H groups in total. The smallest absolute Gasteiger partial charge is 0.237 e. The first kappa shape index (κ1) is 15.4. The Hall–Kier alpha value is -0.610. The molecule has 4 heteroatoms. The Balaban J connectivity index is 1.97. The number of ether oxygens (including phenoxy) is 1. The fraction of sp³-hybridized carbons (Fsp3) is 0.929. The summed E-state index contributed by atoms with van der Waals surface area (Å²) in [4.78, 5) is 11.8. The van der Waals surface area contributed by atoms with Crippen molar-refractivity contribution in [3.63, 3.8) is 0 Å². The second-order valence-corrected chi connectivity index (χ2v) is 6.29. The summed E-state index contributed by atoms with van der Waals surface area (Å²) >= 11 is 0. The summed E-state index contributed by atoms with van der Waals surface area (Å²) in [7, 11) is 0. The summed E-state index contributed by atoms with van der Waals surface area (Å²) in [6.07, 6.45) is 3.63. The molecule has 18 heavy (non-hydrogen) atoms. The molecule has 1 atom stereocenters. The van der Waals surface area contributed by atoms with Crippen LogP contribution in [0.2, 0.25) is 0 Å². The minimum Gasteiger partial charge on any atom is -0.381 e. The van der Waals surface area contributed by atoms with E-state index in [1.165, 1.54) is 12.8 Å². The summed E-state index contributed by atoms with van der Waals surface area (Å²) in [5.74, 6) is 0.885. The number of hydrogen-bond acceptors (Lipinski definition) is 3. The molecule has 1 saturated carbocycles. The van der Waals surface area contributed by atoms with Gasteiger partial charge in [-0.15, -0.1) is 0 Å². The summed E-state index contributed by atoms with van der Waals surface area (Å²) in [6.45, 7) is 10.4. The van der Waals surface area contributed by atoms with Crippen LogP contribution in [0, 0.1) is 5.92 Å². The van der Waals surface area contributed by atoms with E-state index in [9.17, 15) is 4.79 Å². The van der Waals surface area contributed by atoms with Crippen molar-refractivity contribution < 1.29 is 9.53 Å². The van der Waals surface area contributed by atoms with Crippen LogP contribution in [-0.4, -0.2) is 37.2 Å². The highest BCUT2D eigenvalue weighted by Gasteiger charge is 2.21. The van der Waals surface area contributed by atoms with Crippen LogP contribution < -0.4 is 10.6 Å². The van der Waals surface area contributed by atoms with Gasteiger partial charge in [-0.2, -0.15) is 0 Å². The van der Waals surface area contributed by atoms with Crippen molar-refractivity contribution in [3.8, 4) is 0 Å². The van der Waals surface area contributed by atoms with E-state index in [1.54, 1.807) is 0 Å². The lowest BCUT2D eigenvalue weighted by Crippen LogP contribution is -2.49. The molecule has 1 unspecified atom stereocenters. The largest absolute Gasteiger partial charge is 0.381 e. The molecule has 1 fully saturated rings. The number of carbonyl (C=O) groups is 1. The van der Waals surface area contributed by atoms with Crippen LogP contribution in [0.1, 0.15) is 47.0 Å². The lowest BCUT2D eigenvalue weighted by molar-refractivity contribution is -0.124. The van der Waals surface area contributed by atoms with Gasteiger partial charge < -0.3 is 15.4 Å². The number of rotatable bonds is 8. The Kier molecular flexibility index (Phi) is 6.09. The molecule has 0 aromatic heterocycles.